The Labute approximate surface area is 162 Å². The van der Waals surface area contributed by atoms with E-state index < -0.39 is 0 Å². The fraction of sp³-hybridized carbons (Fsp3) is 0.400. The average molecular weight is 382 g/mol. The van der Waals surface area contributed by atoms with Crippen molar-refractivity contribution in [1.82, 2.24) is 29.4 Å². The molecule has 7 nitrogen and oxygen atoms in total. The van der Waals surface area contributed by atoms with Gasteiger partial charge >= 0.3 is 0 Å². The molecule has 0 N–H and O–H groups in total. The molecule has 28 heavy (non-hydrogen) atoms. The van der Waals surface area contributed by atoms with E-state index in [0.717, 1.165) is 17.0 Å². The van der Waals surface area contributed by atoms with Gasteiger partial charge in [-0.2, -0.15) is 5.10 Å². The van der Waals surface area contributed by atoms with Crippen molar-refractivity contribution < 1.29 is 9.18 Å². The molecule has 4 rings (SSSR count). The topological polar surface area (TPSA) is 68.8 Å². The van der Waals surface area contributed by atoms with Crippen molar-refractivity contribution in [1.29, 1.82) is 0 Å². The molecule has 0 spiro atoms. The van der Waals surface area contributed by atoms with Gasteiger partial charge in [0.15, 0.2) is 5.82 Å². The zero-order chi connectivity index (χ0) is 19.8. The zero-order valence-electron chi connectivity index (χ0n) is 16.3. The number of carbonyl (C=O) groups excluding carboxylic acids is 1. The number of hydrogen-bond donors (Lipinski definition) is 0. The van der Waals surface area contributed by atoms with E-state index in [1.54, 1.807) is 29.4 Å². The summed E-state index contributed by atoms with van der Waals surface area (Å²) in [6, 6.07) is 6.62. The maximum Gasteiger partial charge on any atom is 0.227 e. The van der Waals surface area contributed by atoms with Crippen LogP contribution in [0.15, 0.2) is 30.6 Å². The van der Waals surface area contributed by atoms with Crippen molar-refractivity contribution in [3.63, 3.8) is 0 Å². The number of nitrogens with zero attached hydrogens (tertiary/aromatic N) is 6. The Bertz CT molecular complexity index is 1020. The van der Waals surface area contributed by atoms with Crippen LogP contribution in [0.25, 0.3) is 11.5 Å². The molecule has 1 aromatic carbocycles. The first kappa shape index (κ1) is 18.3. The lowest BCUT2D eigenvalue weighted by molar-refractivity contribution is -0.131. The SMILES string of the molecule is CC(C)n1cnnc1-c1nn(C)c2c1CN(C(=O)Cc1ccccc1F)CC2. The fourth-order valence-electron chi connectivity index (χ4n) is 3.69. The molecule has 0 saturated carbocycles. The minimum Gasteiger partial charge on any atom is -0.338 e. The molecule has 3 heterocycles. The Morgan fingerprint density at radius 3 is 2.82 bits per heavy atom. The number of amides is 1. The van der Waals surface area contributed by atoms with Crippen molar-refractivity contribution in [2.75, 3.05) is 6.54 Å². The van der Waals surface area contributed by atoms with Crippen LogP contribution in [0.2, 0.25) is 0 Å². The van der Waals surface area contributed by atoms with Gasteiger partial charge in [0, 0.05) is 43.9 Å². The van der Waals surface area contributed by atoms with Gasteiger partial charge in [-0.1, -0.05) is 18.2 Å². The lowest BCUT2D eigenvalue weighted by Gasteiger charge is -2.28. The summed E-state index contributed by atoms with van der Waals surface area (Å²) in [6.45, 7) is 5.16. The van der Waals surface area contributed by atoms with E-state index in [1.165, 1.54) is 6.07 Å². The summed E-state index contributed by atoms with van der Waals surface area (Å²) in [6.07, 6.45) is 2.46. The van der Waals surface area contributed by atoms with E-state index in [9.17, 15) is 9.18 Å². The third kappa shape index (κ3) is 3.19. The number of carbonyl (C=O) groups is 1. The van der Waals surface area contributed by atoms with Gasteiger partial charge in [0.25, 0.3) is 0 Å². The molecule has 0 bridgehead atoms. The number of fused-ring (bicyclic) bond motifs is 1. The van der Waals surface area contributed by atoms with Crippen LogP contribution < -0.4 is 0 Å². The second-order valence-electron chi connectivity index (χ2n) is 7.39. The fourth-order valence-corrected chi connectivity index (χ4v) is 3.69. The summed E-state index contributed by atoms with van der Waals surface area (Å²) in [5.41, 5.74) is 3.27. The van der Waals surface area contributed by atoms with Gasteiger partial charge in [0.2, 0.25) is 5.91 Å². The van der Waals surface area contributed by atoms with Crippen LogP contribution in [-0.4, -0.2) is 41.9 Å². The maximum atomic E-state index is 13.9. The Morgan fingerprint density at radius 1 is 1.29 bits per heavy atom. The van der Waals surface area contributed by atoms with Crippen molar-refractivity contribution in [3.8, 4) is 11.5 Å². The number of hydrogen-bond acceptors (Lipinski definition) is 4. The molecule has 0 atom stereocenters. The number of aryl methyl sites for hydroxylation is 1. The highest BCUT2D eigenvalue weighted by Gasteiger charge is 2.29. The second-order valence-corrected chi connectivity index (χ2v) is 7.39. The molecule has 1 aliphatic heterocycles. The monoisotopic (exact) mass is 382 g/mol. The molecule has 8 heteroatoms. The summed E-state index contributed by atoms with van der Waals surface area (Å²) in [5, 5.41) is 13.0. The first-order valence-electron chi connectivity index (χ1n) is 9.41. The highest BCUT2D eigenvalue weighted by Crippen LogP contribution is 2.30. The quantitative estimate of drug-likeness (QED) is 0.695. The number of halogens is 1. The summed E-state index contributed by atoms with van der Waals surface area (Å²) in [7, 11) is 1.91. The van der Waals surface area contributed by atoms with Gasteiger partial charge < -0.3 is 9.47 Å². The normalized spacial score (nSPS) is 13.8. The van der Waals surface area contributed by atoms with Crippen molar-refractivity contribution >= 4 is 5.91 Å². The molecule has 0 saturated heterocycles. The Hall–Kier alpha value is -3.03. The summed E-state index contributed by atoms with van der Waals surface area (Å²) in [4.78, 5) is 14.6. The highest BCUT2D eigenvalue weighted by atomic mass is 19.1. The van der Waals surface area contributed by atoms with Crippen LogP contribution >= 0.6 is 0 Å². The van der Waals surface area contributed by atoms with E-state index in [2.05, 4.69) is 29.1 Å². The van der Waals surface area contributed by atoms with Crippen molar-refractivity contribution in [3.05, 3.63) is 53.2 Å². The molecule has 3 aromatic rings. The minimum absolute atomic E-state index is 0.0553. The lowest BCUT2D eigenvalue weighted by Crippen LogP contribution is -2.37. The lowest BCUT2D eigenvalue weighted by atomic mass is 10.0. The van der Waals surface area contributed by atoms with Crippen LogP contribution in [0.5, 0.6) is 0 Å². The van der Waals surface area contributed by atoms with Gasteiger partial charge in [-0.15, -0.1) is 10.2 Å². The van der Waals surface area contributed by atoms with Crippen LogP contribution in [0.1, 0.15) is 36.7 Å². The van der Waals surface area contributed by atoms with Gasteiger partial charge in [0.1, 0.15) is 17.8 Å². The number of rotatable bonds is 4. The summed E-state index contributed by atoms with van der Waals surface area (Å²) < 4.78 is 17.8. The molecule has 146 valence electrons. The third-order valence-corrected chi connectivity index (χ3v) is 5.24. The van der Waals surface area contributed by atoms with Gasteiger partial charge in [-0.25, -0.2) is 4.39 Å². The standard InChI is InChI=1S/C20H23FN6O/c1-13(2)27-12-22-23-20(27)19-15-11-26(9-8-17(15)25(3)24-19)18(28)10-14-6-4-5-7-16(14)21/h4-7,12-13H,8-11H2,1-3H3. The van der Waals surface area contributed by atoms with E-state index in [1.807, 2.05) is 16.3 Å². The second kappa shape index (κ2) is 7.18. The first-order valence-corrected chi connectivity index (χ1v) is 9.41. The third-order valence-electron chi connectivity index (χ3n) is 5.24. The number of benzene rings is 1. The Morgan fingerprint density at radius 2 is 2.07 bits per heavy atom. The van der Waals surface area contributed by atoms with E-state index in [4.69, 9.17) is 0 Å². The molecule has 0 unspecified atom stereocenters. The summed E-state index contributed by atoms with van der Waals surface area (Å²) in [5.74, 6) is 0.270. The van der Waals surface area contributed by atoms with E-state index in [-0.39, 0.29) is 24.2 Å². The minimum atomic E-state index is -0.347. The molecule has 2 aromatic heterocycles. The maximum absolute atomic E-state index is 13.9. The van der Waals surface area contributed by atoms with Gasteiger partial charge in [0.05, 0.1) is 6.42 Å². The Balaban J connectivity index is 1.62. The predicted molar refractivity (Wildman–Crippen MR) is 102 cm³/mol. The molecule has 0 fully saturated rings. The van der Waals surface area contributed by atoms with Gasteiger partial charge in [-0.05, 0) is 25.5 Å². The Kier molecular flexibility index (Phi) is 4.70. The van der Waals surface area contributed by atoms with E-state index in [0.29, 0.717) is 30.9 Å². The van der Waals surface area contributed by atoms with Crippen LogP contribution in [0, 0.1) is 5.82 Å². The average Bonchev–Trinajstić information content (AvgIpc) is 3.28. The molecule has 1 aliphatic rings. The van der Waals surface area contributed by atoms with Crippen LogP contribution in [0.4, 0.5) is 4.39 Å². The van der Waals surface area contributed by atoms with Crippen molar-refractivity contribution in [2.24, 2.45) is 7.05 Å². The summed E-state index contributed by atoms with van der Waals surface area (Å²) >= 11 is 0. The largest absolute Gasteiger partial charge is 0.338 e. The molecular weight excluding hydrogens is 359 g/mol. The van der Waals surface area contributed by atoms with E-state index >= 15 is 0 Å². The number of aromatic nitrogens is 5. The molecule has 0 aliphatic carbocycles. The van der Waals surface area contributed by atoms with Gasteiger partial charge in [-0.3, -0.25) is 9.48 Å². The molecule has 0 radical (unpaired) electrons. The first-order chi connectivity index (χ1) is 13.5. The van der Waals surface area contributed by atoms with Crippen molar-refractivity contribution in [2.45, 2.75) is 39.3 Å². The highest BCUT2D eigenvalue weighted by molar-refractivity contribution is 5.79. The van der Waals surface area contributed by atoms with Crippen LogP contribution in [0.3, 0.4) is 0 Å². The van der Waals surface area contributed by atoms with Crippen LogP contribution in [-0.2, 0) is 31.2 Å². The molecular formula is C20H23FN6O. The molecule has 1 amide bonds. The predicted octanol–water partition coefficient (Wildman–Crippen LogP) is 2.53. The smallest absolute Gasteiger partial charge is 0.227 e. The zero-order valence-corrected chi connectivity index (χ0v) is 16.3.